The van der Waals surface area contributed by atoms with E-state index in [9.17, 15) is 9.18 Å². The Bertz CT molecular complexity index is 1230. The molecule has 1 amide bonds. The Morgan fingerprint density at radius 3 is 2.69 bits per heavy atom. The van der Waals surface area contributed by atoms with Crippen LogP contribution >= 0.6 is 0 Å². The monoisotopic (exact) mass is 434 g/mol. The van der Waals surface area contributed by atoms with Crippen LogP contribution in [0.3, 0.4) is 0 Å². The quantitative estimate of drug-likeness (QED) is 0.461. The number of fused-ring (bicyclic) bond motifs is 1. The average Bonchev–Trinajstić information content (AvgIpc) is 3.46. The predicted molar refractivity (Wildman–Crippen MR) is 115 cm³/mol. The lowest BCUT2D eigenvalue weighted by Crippen LogP contribution is -2.36. The highest BCUT2D eigenvalue weighted by atomic mass is 19.1. The molecule has 1 aliphatic heterocycles. The maximum atomic E-state index is 13.1. The molecule has 0 aliphatic carbocycles. The van der Waals surface area contributed by atoms with E-state index in [-0.39, 0.29) is 11.7 Å². The van der Waals surface area contributed by atoms with E-state index in [0.717, 1.165) is 42.6 Å². The predicted octanol–water partition coefficient (Wildman–Crippen LogP) is 3.61. The van der Waals surface area contributed by atoms with Gasteiger partial charge in [-0.3, -0.25) is 4.79 Å². The number of nitrogens with zero attached hydrogens (tertiary/aromatic N) is 6. The molecule has 5 rings (SSSR count). The zero-order chi connectivity index (χ0) is 21.9. The molecule has 0 radical (unpaired) electrons. The third kappa shape index (κ3) is 4.37. The summed E-state index contributed by atoms with van der Waals surface area (Å²) in [6.45, 7) is 2.21. The van der Waals surface area contributed by atoms with E-state index in [1.807, 2.05) is 23.1 Å². The SMILES string of the molecule is O=C(CCn1nnc2cc(-c3noc(Cc4ccc(F)cc4)n3)ccc21)N1CCCCC1. The summed E-state index contributed by atoms with van der Waals surface area (Å²) in [6.07, 6.45) is 4.22. The molecular weight excluding hydrogens is 411 g/mol. The minimum atomic E-state index is -0.280. The molecule has 9 heteroatoms. The zero-order valence-electron chi connectivity index (χ0n) is 17.6. The Labute approximate surface area is 184 Å². The highest BCUT2D eigenvalue weighted by Gasteiger charge is 2.17. The van der Waals surface area contributed by atoms with Crippen LogP contribution in [-0.2, 0) is 17.8 Å². The summed E-state index contributed by atoms with van der Waals surface area (Å²) in [6, 6.07) is 11.9. The van der Waals surface area contributed by atoms with Crippen LogP contribution in [0.15, 0.2) is 47.0 Å². The zero-order valence-corrected chi connectivity index (χ0v) is 17.6. The molecule has 0 N–H and O–H groups in total. The van der Waals surface area contributed by atoms with E-state index in [1.165, 1.54) is 18.6 Å². The smallest absolute Gasteiger partial charge is 0.231 e. The molecule has 8 nitrogen and oxygen atoms in total. The molecule has 4 aromatic rings. The Kier molecular flexibility index (Phi) is 5.62. The van der Waals surface area contributed by atoms with Gasteiger partial charge in [0, 0.05) is 25.1 Å². The van der Waals surface area contributed by atoms with Crippen molar-refractivity contribution in [3.05, 3.63) is 59.7 Å². The molecular formula is C23H23FN6O2. The average molecular weight is 434 g/mol. The molecule has 0 bridgehead atoms. The van der Waals surface area contributed by atoms with Gasteiger partial charge in [0.15, 0.2) is 0 Å². The highest BCUT2D eigenvalue weighted by molar-refractivity contribution is 5.80. The number of piperidine rings is 1. The number of carbonyl (C=O) groups is 1. The van der Waals surface area contributed by atoms with Crippen molar-refractivity contribution in [3.63, 3.8) is 0 Å². The van der Waals surface area contributed by atoms with Crippen LogP contribution in [0.1, 0.15) is 37.1 Å². The number of amides is 1. The van der Waals surface area contributed by atoms with E-state index in [1.54, 1.807) is 16.8 Å². The van der Waals surface area contributed by atoms with Gasteiger partial charge in [0.1, 0.15) is 11.3 Å². The fraction of sp³-hybridized carbons (Fsp3) is 0.348. The van der Waals surface area contributed by atoms with E-state index >= 15 is 0 Å². The second-order valence-corrected chi connectivity index (χ2v) is 8.02. The summed E-state index contributed by atoms with van der Waals surface area (Å²) in [4.78, 5) is 18.8. The maximum absolute atomic E-state index is 13.1. The number of aromatic nitrogens is 5. The Morgan fingerprint density at radius 2 is 1.88 bits per heavy atom. The minimum absolute atomic E-state index is 0.172. The summed E-state index contributed by atoms with van der Waals surface area (Å²) in [5.41, 5.74) is 3.22. The molecule has 1 saturated heterocycles. The van der Waals surface area contributed by atoms with Crippen molar-refractivity contribution < 1.29 is 13.7 Å². The van der Waals surface area contributed by atoms with E-state index in [4.69, 9.17) is 4.52 Å². The molecule has 32 heavy (non-hydrogen) atoms. The van der Waals surface area contributed by atoms with Crippen LogP contribution in [0.4, 0.5) is 4.39 Å². The van der Waals surface area contributed by atoms with Crippen LogP contribution in [-0.4, -0.2) is 49.0 Å². The Balaban J connectivity index is 1.27. The van der Waals surface area contributed by atoms with Crippen LogP contribution in [0.5, 0.6) is 0 Å². The van der Waals surface area contributed by atoms with Gasteiger partial charge in [0.25, 0.3) is 0 Å². The van der Waals surface area contributed by atoms with Gasteiger partial charge in [0.05, 0.1) is 18.5 Å². The van der Waals surface area contributed by atoms with E-state index < -0.39 is 0 Å². The molecule has 2 aromatic heterocycles. The number of hydrogen-bond acceptors (Lipinski definition) is 6. The molecule has 0 unspecified atom stereocenters. The Morgan fingerprint density at radius 1 is 1.06 bits per heavy atom. The first-order valence-corrected chi connectivity index (χ1v) is 10.8. The lowest BCUT2D eigenvalue weighted by molar-refractivity contribution is -0.132. The number of carbonyl (C=O) groups excluding carboxylic acids is 1. The van der Waals surface area contributed by atoms with Gasteiger partial charge in [-0.1, -0.05) is 22.5 Å². The van der Waals surface area contributed by atoms with Crippen molar-refractivity contribution >= 4 is 16.9 Å². The summed E-state index contributed by atoms with van der Waals surface area (Å²) in [7, 11) is 0. The van der Waals surface area contributed by atoms with Crippen LogP contribution in [0.25, 0.3) is 22.4 Å². The molecule has 3 heterocycles. The van der Waals surface area contributed by atoms with Crippen molar-refractivity contribution in [2.75, 3.05) is 13.1 Å². The molecule has 164 valence electrons. The van der Waals surface area contributed by atoms with E-state index in [0.29, 0.717) is 36.6 Å². The van der Waals surface area contributed by atoms with Gasteiger partial charge in [0.2, 0.25) is 17.6 Å². The number of benzene rings is 2. The van der Waals surface area contributed by atoms with Crippen LogP contribution in [0, 0.1) is 5.82 Å². The van der Waals surface area contributed by atoms with Crippen molar-refractivity contribution in [1.29, 1.82) is 0 Å². The van der Waals surface area contributed by atoms with Gasteiger partial charge in [-0.05, 0) is 55.2 Å². The first-order valence-electron chi connectivity index (χ1n) is 10.8. The molecule has 1 fully saturated rings. The van der Waals surface area contributed by atoms with Crippen LogP contribution < -0.4 is 0 Å². The van der Waals surface area contributed by atoms with Crippen molar-refractivity contribution in [2.24, 2.45) is 0 Å². The fourth-order valence-electron chi connectivity index (χ4n) is 4.00. The van der Waals surface area contributed by atoms with Gasteiger partial charge in [-0.25, -0.2) is 9.07 Å². The van der Waals surface area contributed by atoms with Crippen molar-refractivity contribution in [3.8, 4) is 11.4 Å². The standard InChI is InChI=1S/C23H23FN6O2/c24-18-7-4-16(5-8-18)14-21-25-23(27-32-21)17-6-9-20-19(15-17)26-28-30(20)13-10-22(31)29-11-2-1-3-12-29/h4-9,15H,1-3,10-14H2. The lowest BCUT2D eigenvalue weighted by atomic mass is 10.1. The van der Waals surface area contributed by atoms with Gasteiger partial charge in [-0.15, -0.1) is 5.10 Å². The Hall–Kier alpha value is -3.62. The lowest BCUT2D eigenvalue weighted by Gasteiger charge is -2.26. The van der Waals surface area contributed by atoms with Crippen molar-refractivity contribution in [2.45, 2.75) is 38.6 Å². The summed E-state index contributed by atoms with van der Waals surface area (Å²) in [5, 5.41) is 12.5. The molecule has 2 aromatic carbocycles. The van der Waals surface area contributed by atoms with Gasteiger partial charge < -0.3 is 9.42 Å². The summed E-state index contributed by atoms with van der Waals surface area (Å²) in [5.74, 6) is 0.799. The molecule has 0 spiro atoms. The third-order valence-corrected chi connectivity index (χ3v) is 5.76. The summed E-state index contributed by atoms with van der Waals surface area (Å²) < 4.78 is 20.2. The van der Waals surface area contributed by atoms with Gasteiger partial charge in [-0.2, -0.15) is 4.98 Å². The van der Waals surface area contributed by atoms with Crippen LogP contribution in [0.2, 0.25) is 0 Å². The molecule has 0 saturated carbocycles. The van der Waals surface area contributed by atoms with Crippen molar-refractivity contribution in [1.82, 2.24) is 30.0 Å². The molecule has 1 aliphatic rings. The second kappa shape index (κ2) is 8.86. The number of aryl methyl sites for hydroxylation is 1. The number of likely N-dealkylation sites (tertiary alicyclic amines) is 1. The topological polar surface area (TPSA) is 89.9 Å². The summed E-state index contributed by atoms with van der Waals surface area (Å²) >= 11 is 0. The first-order chi connectivity index (χ1) is 15.7. The minimum Gasteiger partial charge on any atom is -0.343 e. The maximum Gasteiger partial charge on any atom is 0.231 e. The fourth-order valence-corrected chi connectivity index (χ4v) is 4.00. The first kappa shape index (κ1) is 20.3. The third-order valence-electron chi connectivity index (χ3n) is 5.76. The van der Waals surface area contributed by atoms with Gasteiger partial charge >= 0.3 is 0 Å². The number of hydrogen-bond donors (Lipinski definition) is 0. The highest BCUT2D eigenvalue weighted by Crippen LogP contribution is 2.22. The van der Waals surface area contributed by atoms with E-state index in [2.05, 4.69) is 20.5 Å². The second-order valence-electron chi connectivity index (χ2n) is 8.02. The largest absolute Gasteiger partial charge is 0.343 e. The number of rotatable bonds is 6. The number of halogens is 1. The molecule has 0 atom stereocenters. The normalized spacial score (nSPS) is 14.2.